The van der Waals surface area contributed by atoms with Crippen LogP contribution in [0.5, 0.6) is 0 Å². The fourth-order valence-electron chi connectivity index (χ4n) is 1.45. The zero-order valence-corrected chi connectivity index (χ0v) is 8.22. The molecule has 0 amide bonds. The highest BCUT2D eigenvalue weighted by Gasteiger charge is 2.30. The molecular weight excluding hydrogens is 180 g/mol. The molecule has 0 aliphatic carbocycles. The summed E-state index contributed by atoms with van der Waals surface area (Å²) >= 11 is 0. The second-order valence-corrected chi connectivity index (χ2v) is 3.48. The summed E-state index contributed by atoms with van der Waals surface area (Å²) in [4.78, 5) is 0. The molecule has 3 nitrogen and oxygen atoms in total. The lowest BCUT2D eigenvalue weighted by Crippen LogP contribution is -2.38. The average molecular weight is 196 g/mol. The molecule has 0 radical (unpaired) electrons. The van der Waals surface area contributed by atoms with Crippen molar-refractivity contribution in [3.05, 3.63) is 35.9 Å². The van der Waals surface area contributed by atoms with Gasteiger partial charge in [-0.05, 0) is 18.4 Å². The first-order valence-electron chi connectivity index (χ1n) is 4.75. The van der Waals surface area contributed by atoms with Gasteiger partial charge in [-0.25, -0.2) is 0 Å². The van der Waals surface area contributed by atoms with Crippen molar-refractivity contribution in [1.29, 1.82) is 0 Å². The van der Waals surface area contributed by atoms with E-state index < -0.39 is 11.9 Å². The van der Waals surface area contributed by atoms with E-state index in [1.807, 2.05) is 37.3 Å². The summed E-state index contributed by atoms with van der Waals surface area (Å²) < 4.78 is 0. The SMILES string of the molecule is CCC(Cc1ccccc1)C(O)(O)O. The van der Waals surface area contributed by atoms with E-state index >= 15 is 0 Å². The number of hydrogen-bond donors (Lipinski definition) is 3. The molecule has 0 heterocycles. The van der Waals surface area contributed by atoms with Crippen LogP contribution in [0.15, 0.2) is 30.3 Å². The van der Waals surface area contributed by atoms with Crippen LogP contribution in [-0.4, -0.2) is 21.3 Å². The molecule has 0 spiro atoms. The summed E-state index contributed by atoms with van der Waals surface area (Å²) in [6, 6.07) is 9.46. The maximum absolute atomic E-state index is 9.05. The number of benzene rings is 1. The van der Waals surface area contributed by atoms with Gasteiger partial charge in [0.05, 0.1) is 0 Å². The van der Waals surface area contributed by atoms with E-state index in [2.05, 4.69) is 0 Å². The Morgan fingerprint density at radius 1 is 1.14 bits per heavy atom. The topological polar surface area (TPSA) is 60.7 Å². The van der Waals surface area contributed by atoms with Crippen LogP contribution in [0.3, 0.4) is 0 Å². The Morgan fingerprint density at radius 2 is 1.71 bits per heavy atom. The van der Waals surface area contributed by atoms with Gasteiger partial charge in [-0.1, -0.05) is 37.3 Å². The molecule has 1 rings (SSSR count). The van der Waals surface area contributed by atoms with Crippen molar-refractivity contribution in [2.45, 2.75) is 25.7 Å². The monoisotopic (exact) mass is 196 g/mol. The standard InChI is InChI=1S/C11H16O3/c1-2-10(11(12,13)14)8-9-6-4-3-5-7-9/h3-7,10,12-14H,2,8H2,1H3. The summed E-state index contributed by atoms with van der Waals surface area (Å²) in [6.45, 7) is 1.81. The largest absolute Gasteiger partial charge is 0.343 e. The summed E-state index contributed by atoms with van der Waals surface area (Å²) in [5, 5.41) is 27.1. The minimum absolute atomic E-state index is 0.459. The van der Waals surface area contributed by atoms with Gasteiger partial charge in [-0.2, -0.15) is 0 Å². The van der Waals surface area contributed by atoms with Crippen molar-refractivity contribution in [3.63, 3.8) is 0 Å². The van der Waals surface area contributed by atoms with Crippen molar-refractivity contribution in [3.8, 4) is 0 Å². The van der Waals surface area contributed by atoms with Crippen molar-refractivity contribution in [1.82, 2.24) is 0 Å². The molecule has 1 aromatic rings. The molecule has 0 saturated carbocycles. The third-order valence-corrected chi connectivity index (χ3v) is 2.37. The second-order valence-electron chi connectivity index (χ2n) is 3.48. The molecule has 0 aromatic heterocycles. The van der Waals surface area contributed by atoms with E-state index in [1.54, 1.807) is 0 Å². The Labute approximate surface area is 83.6 Å². The molecule has 0 aliphatic heterocycles. The first-order valence-corrected chi connectivity index (χ1v) is 4.75. The summed E-state index contributed by atoms with van der Waals surface area (Å²) in [5.41, 5.74) is 0.987. The van der Waals surface area contributed by atoms with E-state index in [1.165, 1.54) is 0 Å². The maximum Gasteiger partial charge on any atom is 0.278 e. The van der Waals surface area contributed by atoms with Gasteiger partial charge in [0, 0.05) is 5.92 Å². The molecule has 3 heteroatoms. The number of rotatable bonds is 4. The zero-order chi connectivity index (χ0) is 10.6. The minimum Gasteiger partial charge on any atom is -0.343 e. The first-order chi connectivity index (χ1) is 6.54. The van der Waals surface area contributed by atoms with Gasteiger partial charge < -0.3 is 15.3 Å². The van der Waals surface area contributed by atoms with E-state index in [9.17, 15) is 0 Å². The molecule has 1 unspecified atom stereocenters. The zero-order valence-electron chi connectivity index (χ0n) is 8.22. The highest BCUT2D eigenvalue weighted by atomic mass is 16.7. The van der Waals surface area contributed by atoms with E-state index in [-0.39, 0.29) is 0 Å². The van der Waals surface area contributed by atoms with Crippen LogP contribution in [0, 0.1) is 5.92 Å². The normalized spacial score (nSPS) is 14.0. The Morgan fingerprint density at radius 3 is 2.14 bits per heavy atom. The fourth-order valence-corrected chi connectivity index (χ4v) is 1.45. The Bertz CT molecular complexity index is 264. The smallest absolute Gasteiger partial charge is 0.278 e. The molecule has 14 heavy (non-hydrogen) atoms. The quantitative estimate of drug-likeness (QED) is 0.627. The Balaban J connectivity index is 2.67. The number of hydrogen-bond acceptors (Lipinski definition) is 3. The van der Waals surface area contributed by atoms with Crippen LogP contribution in [0.2, 0.25) is 0 Å². The summed E-state index contributed by atoms with van der Waals surface area (Å²) in [6.07, 6.45) is 0.971. The van der Waals surface area contributed by atoms with Gasteiger partial charge in [-0.15, -0.1) is 0 Å². The number of aliphatic hydroxyl groups is 3. The predicted octanol–water partition coefficient (Wildman–Crippen LogP) is 0.886. The van der Waals surface area contributed by atoms with Gasteiger partial charge in [0.15, 0.2) is 0 Å². The highest BCUT2D eigenvalue weighted by Crippen LogP contribution is 2.20. The maximum atomic E-state index is 9.05. The lowest BCUT2D eigenvalue weighted by Gasteiger charge is -2.24. The van der Waals surface area contributed by atoms with E-state index in [0.717, 1.165) is 5.56 Å². The molecular formula is C11H16O3. The average Bonchev–Trinajstić information content (AvgIpc) is 2.14. The van der Waals surface area contributed by atoms with Crippen molar-refractivity contribution in [2.24, 2.45) is 5.92 Å². The van der Waals surface area contributed by atoms with Crippen LogP contribution >= 0.6 is 0 Å². The second kappa shape index (κ2) is 4.55. The van der Waals surface area contributed by atoms with Crippen LogP contribution in [-0.2, 0) is 6.42 Å². The molecule has 3 N–H and O–H groups in total. The Hall–Kier alpha value is -0.900. The Kier molecular flexibility index (Phi) is 3.63. The lowest BCUT2D eigenvalue weighted by atomic mass is 9.95. The molecule has 0 aliphatic rings. The molecule has 78 valence electrons. The summed E-state index contributed by atoms with van der Waals surface area (Å²) in [7, 11) is 0. The highest BCUT2D eigenvalue weighted by molar-refractivity contribution is 5.15. The fraction of sp³-hybridized carbons (Fsp3) is 0.455. The molecule has 1 aromatic carbocycles. The van der Waals surface area contributed by atoms with Crippen LogP contribution in [0.1, 0.15) is 18.9 Å². The first kappa shape index (κ1) is 11.2. The van der Waals surface area contributed by atoms with Crippen molar-refractivity contribution >= 4 is 0 Å². The van der Waals surface area contributed by atoms with Gasteiger partial charge in [-0.3, -0.25) is 0 Å². The lowest BCUT2D eigenvalue weighted by molar-refractivity contribution is -0.342. The van der Waals surface area contributed by atoms with Crippen LogP contribution < -0.4 is 0 Å². The third kappa shape index (κ3) is 3.10. The van der Waals surface area contributed by atoms with Gasteiger partial charge in [0.2, 0.25) is 0 Å². The summed E-state index contributed by atoms with van der Waals surface area (Å²) in [5.74, 6) is -3.13. The molecule has 0 fully saturated rings. The van der Waals surface area contributed by atoms with Gasteiger partial charge in [0.1, 0.15) is 0 Å². The molecule has 1 atom stereocenters. The van der Waals surface area contributed by atoms with Crippen LogP contribution in [0.4, 0.5) is 0 Å². The van der Waals surface area contributed by atoms with Crippen molar-refractivity contribution in [2.75, 3.05) is 0 Å². The van der Waals surface area contributed by atoms with Gasteiger partial charge >= 0.3 is 0 Å². The van der Waals surface area contributed by atoms with Crippen molar-refractivity contribution < 1.29 is 15.3 Å². The van der Waals surface area contributed by atoms with E-state index in [4.69, 9.17) is 15.3 Å². The predicted molar refractivity (Wildman–Crippen MR) is 53.3 cm³/mol. The van der Waals surface area contributed by atoms with E-state index in [0.29, 0.717) is 12.8 Å². The van der Waals surface area contributed by atoms with Crippen LogP contribution in [0.25, 0.3) is 0 Å². The third-order valence-electron chi connectivity index (χ3n) is 2.37. The van der Waals surface area contributed by atoms with Gasteiger partial charge in [0.25, 0.3) is 5.97 Å². The molecule has 0 bridgehead atoms. The minimum atomic E-state index is -2.58. The molecule has 0 saturated heterocycles.